The van der Waals surface area contributed by atoms with Crippen LogP contribution in [0.15, 0.2) is 33.3 Å². The Morgan fingerprint density at radius 1 is 1.33 bits per heavy atom. The van der Waals surface area contributed by atoms with Gasteiger partial charge in [0.25, 0.3) is 0 Å². The fraction of sp³-hybridized carbons (Fsp3) is 0.471. The molecule has 1 aromatic heterocycles. The number of amides is 1. The Kier molecular flexibility index (Phi) is 3.92. The predicted molar refractivity (Wildman–Crippen MR) is 92.5 cm³/mol. The van der Waals surface area contributed by atoms with Gasteiger partial charge < -0.3 is 15.2 Å². The lowest BCUT2D eigenvalue weighted by molar-refractivity contribution is -0.117. The lowest BCUT2D eigenvalue weighted by Gasteiger charge is -2.18. The van der Waals surface area contributed by atoms with E-state index in [0.29, 0.717) is 24.7 Å². The zero-order valence-corrected chi connectivity index (χ0v) is 14.8. The Balaban J connectivity index is 1.54. The molecule has 1 aliphatic heterocycles. The number of nitrogens with two attached hydrogens (primary N) is 1. The standard InChI is InChI=1S/C17H19BrN4O2/c18-12-4-3-5-13(9-12)22-10-11(8-14(22)23)15-20-16(21-24-15)17(19)6-1-2-7-17/h3-5,9,11H,1-2,6-8,10,19H2. The van der Waals surface area contributed by atoms with Gasteiger partial charge in [0.2, 0.25) is 11.8 Å². The number of aromatic nitrogens is 2. The van der Waals surface area contributed by atoms with E-state index in [0.717, 1.165) is 35.8 Å². The Bertz CT molecular complexity index is 769. The Morgan fingerprint density at radius 3 is 2.88 bits per heavy atom. The average molecular weight is 391 g/mol. The maximum Gasteiger partial charge on any atom is 0.232 e. The van der Waals surface area contributed by atoms with Gasteiger partial charge >= 0.3 is 0 Å². The number of hydrogen-bond donors (Lipinski definition) is 1. The first kappa shape index (κ1) is 15.8. The van der Waals surface area contributed by atoms with E-state index < -0.39 is 5.54 Å². The minimum atomic E-state index is -0.464. The first-order chi connectivity index (χ1) is 11.5. The summed E-state index contributed by atoms with van der Waals surface area (Å²) in [5.74, 6) is 1.10. The number of rotatable bonds is 3. The highest BCUT2D eigenvalue weighted by molar-refractivity contribution is 9.10. The van der Waals surface area contributed by atoms with Crippen molar-refractivity contribution in [3.63, 3.8) is 0 Å². The summed E-state index contributed by atoms with van der Waals surface area (Å²) in [6, 6.07) is 7.72. The zero-order valence-electron chi connectivity index (χ0n) is 13.2. The van der Waals surface area contributed by atoms with Gasteiger partial charge in [-0.1, -0.05) is 40.0 Å². The highest BCUT2D eigenvalue weighted by atomic mass is 79.9. The maximum absolute atomic E-state index is 12.4. The molecule has 1 aliphatic carbocycles. The molecule has 1 saturated carbocycles. The molecule has 0 radical (unpaired) electrons. The molecule has 1 unspecified atom stereocenters. The van der Waals surface area contributed by atoms with E-state index in [1.807, 2.05) is 24.3 Å². The van der Waals surface area contributed by atoms with Crippen LogP contribution in [-0.4, -0.2) is 22.6 Å². The normalized spacial score (nSPS) is 23.2. The van der Waals surface area contributed by atoms with Crippen LogP contribution in [0.4, 0.5) is 5.69 Å². The molecule has 1 aromatic carbocycles. The largest absolute Gasteiger partial charge is 0.339 e. The molecule has 1 saturated heterocycles. The molecule has 2 N–H and O–H groups in total. The van der Waals surface area contributed by atoms with E-state index in [9.17, 15) is 4.79 Å². The second-order valence-electron chi connectivity index (χ2n) is 6.70. The number of halogens is 1. The summed E-state index contributed by atoms with van der Waals surface area (Å²) in [5, 5.41) is 4.10. The number of anilines is 1. The molecule has 1 atom stereocenters. The summed E-state index contributed by atoms with van der Waals surface area (Å²) in [7, 11) is 0. The first-order valence-corrected chi connectivity index (χ1v) is 9.03. The lowest BCUT2D eigenvalue weighted by atomic mass is 9.98. The second kappa shape index (κ2) is 5.97. The molecule has 126 valence electrons. The van der Waals surface area contributed by atoms with Gasteiger partial charge in [0.15, 0.2) is 5.82 Å². The van der Waals surface area contributed by atoms with Crippen molar-refractivity contribution in [2.45, 2.75) is 43.6 Å². The van der Waals surface area contributed by atoms with Crippen LogP contribution in [0.2, 0.25) is 0 Å². The summed E-state index contributed by atoms with van der Waals surface area (Å²) in [6.07, 6.45) is 4.35. The summed E-state index contributed by atoms with van der Waals surface area (Å²) in [6.45, 7) is 0.550. The van der Waals surface area contributed by atoms with Gasteiger partial charge in [0.05, 0.1) is 11.5 Å². The molecule has 2 fully saturated rings. The van der Waals surface area contributed by atoms with Gasteiger partial charge in [-0.25, -0.2) is 0 Å². The Hall–Kier alpha value is -1.73. The molecule has 2 aromatic rings. The van der Waals surface area contributed by atoms with E-state index in [2.05, 4.69) is 26.1 Å². The quantitative estimate of drug-likeness (QED) is 0.869. The van der Waals surface area contributed by atoms with Crippen LogP contribution in [0.3, 0.4) is 0 Å². The molecule has 2 aliphatic rings. The van der Waals surface area contributed by atoms with E-state index in [1.165, 1.54) is 0 Å². The molecule has 0 bridgehead atoms. The average Bonchev–Trinajstić information content (AvgIpc) is 3.26. The maximum atomic E-state index is 12.4. The third kappa shape index (κ3) is 2.75. The summed E-state index contributed by atoms with van der Waals surface area (Å²) < 4.78 is 6.40. The molecule has 6 nitrogen and oxygen atoms in total. The van der Waals surface area contributed by atoms with Gasteiger partial charge in [-0.15, -0.1) is 0 Å². The van der Waals surface area contributed by atoms with Gasteiger partial charge in [0.1, 0.15) is 0 Å². The summed E-state index contributed by atoms with van der Waals surface area (Å²) in [4.78, 5) is 18.7. The van der Waals surface area contributed by atoms with Gasteiger partial charge in [0, 0.05) is 23.1 Å². The topological polar surface area (TPSA) is 85.2 Å². The number of carbonyl (C=O) groups is 1. The fourth-order valence-electron chi connectivity index (χ4n) is 3.60. The van der Waals surface area contributed by atoms with Crippen LogP contribution in [0, 0.1) is 0 Å². The van der Waals surface area contributed by atoms with Crippen LogP contribution in [0.5, 0.6) is 0 Å². The third-order valence-electron chi connectivity index (χ3n) is 4.98. The number of hydrogen-bond acceptors (Lipinski definition) is 5. The highest BCUT2D eigenvalue weighted by Gasteiger charge is 2.39. The van der Waals surface area contributed by atoms with Crippen molar-refractivity contribution in [3.8, 4) is 0 Å². The monoisotopic (exact) mass is 390 g/mol. The minimum absolute atomic E-state index is 0.0705. The molecule has 1 amide bonds. The molecular formula is C17H19BrN4O2. The van der Waals surface area contributed by atoms with E-state index in [4.69, 9.17) is 10.3 Å². The summed E-state index contributed by atoms with van der Waals surface area (Å²) >= 11 is 3.44. The first-order valence-electron chi connectivity index (χ1n) is 8.24. The van der Waals surface area contributed by atoms with E-state index in [-0.39, 0.29) is 11.8 Å². The fourth-order valence-corrected chi connectivity index (χ4v) is 3.99. The number of nitrogens with zero attached hydrogens (tertiary/aromatic N) is 3. The van der Waals surface area contributed by atoms with Crippen molar-refractivity contribution in [2.75, 3.05) is 11.4 Å². The summed E-state index contributed by atoms with van der Waals surface area (Å²) in [5.41, 5.74) is 6.80. The van der Waals surface area contributed by atoms with Crippen molar-refractivity contribution >= 4 is 27.5 Å². The van der Waals surface area contributed by atoms with Crippen LogP contribution in [0.1, 0.15) is 49.7 Å². The van der Waals surface area contributed by atoms with Crippen LogP contribution < -0.4 is 10.6 Å². The lowest BCUT2D eigenvalue weighted by Crippen LogP contribution is -2.34. The van der Waals surface area contributed by atoms with Crippen LogP contribution >= 0.6 is 15.9 Å². The third-order valence-corrected chi connectivity index (χ3v) is 5.47. The van der Waals surface area contributed by atoms with Crippen LogP contribution in [-0.2, 0) is 10.3 Å². The Morgan fingerprint density at radius 2 is 2.12 bits per heavy atom. The highest BCUT2D eigenvalue weighted by Crippen LogP contribution is 2.37. The van der Waals surface area contributed by atoms with E-state index in [1.54, 1.807) is 4.90 Å². The SMILES string of the molecule is NC1(c2noc(C3CC(=O)N(c4cccc(Br)c4)C3)n2)CCCC1. The van der Waals surface area contributed by atoms with Crippen molar-refractivity contribution in [2.24, 2.45) is 5.73 Å². The molecule has 4 rings (SSSR count). The minimum Gasteiger partial charge on any atom is -0.339 e. The van der Waals surface area contributed by atoms with Crippen molar-refractivity contribution in [3.05, 3.63) is 40.5 Å². The van der Waals surface area contributed by atoms with Gasteiger partial charge in [-0.05, 0) is 31.0 Å². The number of benzene rings is 1. The second-order valence-corrected chi connectivity index (χ2v) is 7.62. The smallest absolute Gasteiger partial charge is 0.232 e. The van der Waals surface area contributed by atoms with E-state index >= 15 is 0 Å². The van der Waals surface area contributed by atoms with Crippen molar-refractivity contribution in [1.82, 2.24) is 10.1 Å². The van der Waals surface area contributed by atoms with Crippen molar-refractivity contribution < 1.29 is 9.32 Å². The van der Waals surface area contributed by atoms with Gasteiger partial charge in [-0.3, -0.25) is 4.79 Å². The predicted octanol–water partition coefficient (Wildman–Crippen LogP) is 3.08. The van der Waals surface area contributed by atoms with Crippen LogP contribution in [0.25, 0.3) is 0 Å². The molecular weight excluding hydrogens is 372 g/mol. The molecule has 7 heteroatoms. The number of carbonyl (C=O) groups excluding carboxylic acids is 1. The Labute approximate surface area is 148 Å². The van der Waals surface area contributed by atoms with Gasteiger partial charge in [-0.2, -0.15) is 4.98 Å². The molecule has 0 spiro atoms. The van der Waals surface area contributed by atoms with Crippen molar-refractivity contribution in [1.29, 1.82) is 0 Å². The molecule has 24 heavy (non-hydrogen) atoms. The molecule has 2 heterocycles. The zero-order chi connectivity index (χ0) is 16.7.